The molecule has 0 aromatic carbocycles. The lowest BCUT2D eigenvalue weighted by Crippen LogP contribution is -2.50. The van der Waals surface area contributed by atoms with Gasteiger partial charge in [-0.25, -0.2) is 0 Å². The molecule has 0 bridgehead atoms. The van der Waals surface area contributed by atoms with Crippen LogP contribution in [0.15, 0.2) is 0 Å². The quantitative estimate of drug-likeness (QED) is 0.718. The molecule has 2 rings (SSSR count). The molecule has 4 unspecified atom stereocenters. The lowest BCUT2D eigenvalue weighted by Gasteiger charge is -2.49. The summed E-state index contributed by atoms with van der Waals surface area (Å²) >= 11 is 0. The zero-order valence-corrected chi connectivity index (χ0v) is 16.9. The first kappa shape index (κ1) is 18.5. The molecule has 0 heterocycles. The molecule has 22 heavy (non-hydrogen) atoms. The largest absolute Gasteiger partial charge is 0.414 e. The Hall–Kier alpha value is 0.137. The highest BCUT2D eigenvalue weighted by molar-refractivity contribution is 6.74. The van der Waals surface area contributed by atoms with E-state index in [0.717, 1.165) is 0 Å². The summed E-state index contributed by atoms with van der Waals surface area (Å²) in [6.45, 7) is 16.9. The maximum absolute atomic E-state index is 9.63. The van der Waals surface area contributed by atoms with Crippen LogP contribution in [-0.2, 0) is 4.43 Å². The minimum absolute atomic E-state index is 0.289. The molecule has 0 radical (unpaired) electrons. The van der Waals surface area contributed by atoms with Crippen molar-refractivity contribution in [3.63, 3.8) is 0 Å². The van der Waals surface area contributed by atoms with Crippen LogP contribution < -0.4 is 0 Å². The molecule has 2 aliphatic carbocycles. The Balaban J connectivity index is 2.17. The first-order valence-corrected chi connectivity index (χ1v) is 12.2. The van der Waals surface area contributed by atoms with Crippen molar-refractivity contribution in [2.45, 2.75) is 91.0 Å². The zero-order valence-electron chi connectivity index (χ0n) is 15.9. The Morgan fingerprint density at radius 2 is 1.86 bits per heavy atom. The lowest BCUT2D eigenvalue weighted by molar-refractivity contribution is -0.0259. The molecule has 0 spiro atoms. The van der Waals surface area contributed by atoms with Gasteiger partial charge < -0.3 is 9.53 Å². The van der Waals surface area contributed by atoms with Crippen molar-refractivity contribution < 1.29 is 9.53 Å². The van der Waals surface area contributed by atoms with Crippen molar-refractivity contribution in [3.8, 4) is 0 Å². The van der Waals surface area contributed by atoms with Gasteiger partial charge in [0.05, 0.1) is 0 Å². The molecular formula is C19H38O2Si. The second kappa shape index (κ2) is 6.21. The smallest absolute Gasteiger partial charge is 0.192 e. The van der Waals surface area contributed by atoms with Crippen LogP contribution in [0.3, 0.4) is 0 Å². The minimum atomic E-state index is -1.69. The highest BCUT2D eigenvalue weighted by Crippen LogP contribution is 2.59. The summed E-state index contributed by atoms with van der Waals surface area (Å²) in [4.78, 5) is 0. The Bertz CT molecular complexity index is 387. The predicted octanol–water partition coefficient (Wildman–Crippen LogP) is 5.22. The molecule has 130 valence electrons. The Kier molecular flexibility index (Phi) is 5.22. The molecule has 5 atom stereocenters. The van der Waals surface area contributed by atoms with Crippen LogP contribution >= 0.6 is 0 Å². The van der Waals surface area contributed by atoms with E-state index in [2.05, 4.69) is 47.7 Å². The number of aliphatic hydroxyl groups excluding tert-OH is 1. The monoisotopic (exact) mass is 326 g/mol. The van der Waals surface area contributed by atoms with Crippen molar-refractivity contribution in [3.05, 3.63) is 0 Å². The fourth-order valence-electron chi connectivity index (χ4n) is 4.92. The second-order valence-corrected chi connectivity index (χ2v) is 14.5. The second-order valence-electron chi connectivity index (χ2n) is 9.76. The molecule has 2 nitrogen and oxygen atoms in total. The predicted molar refractivity (Wildman–Crippen MR) is 96.5 cm³/mol. The average Bonchev–Trinajstić information content (AvgIpc) is 2.74. The van der Waals surface area contributed by atoms with Crippen LogP contribution in [0.5, 0.6) is 0 Å². The fourth-order valence-corrected chi connectivity index (χ4v) is 6.31. The molecule has 0 aliphatic heterocycles. The number of aliphatic hydroxyl groups is 1. The van der Waals surface area contributed by atoms with Crippen LogP contribution in [0.4, 0.5) is 0 Å². The number of fused-ring (bicyclic) bond motifs is 1. The van der Waals surface area contributed by atoms with Gasteiger partial charge in [0.15, 0.2) is 8.32 Å². The van der Waals surface area contributed by atoms with Crippen LogP contribution in [0.2, 0.25) is 18.1 Å². The number of rotatable bonds is 4. The summed E-state index contributed by atoms with van der Waals surface area (Å²) in [6, 6.07) is 0. The van der Waals surface area contributed by atoms with E-state index in [1.807, 2.05) is 0 Å². The van der Waals surface area contributed by atoms with Crippen LogP contribution in [0.1, 0.15) is 66.7 Å². The van der Waals surface area contributed by atoms with Gasteiger partial charge >= 0.3 is 0 Å². The average molecular weight is 327 g/mol. The summed E-state index contributed by atoms with van der Waals surface area (Å²) in [5.74, 6) is 1.81. The van der Waals surface area contributed by atoms with E-state index < -0.39 is 8.32 Å². The van der Waals surface area contributed by atoms with Crippen molar-refractivity contribution in [1.82, 2.24) is 0 Å². The summed E-state index contributed by atoms with van der Waals surface area (Å²) < 4.78 is 6.86. The summed E-state index contributed by atoms with van der Waals surface area (Å²) in [7, 11) is -1.69. The van der Waals surface area contributed by atoms with Crippen molar-refractivity contribution >= 4 is 8.32 Å². The molecule has 2 fully saturated rings. The van der Waals surface area contributed by atoms with Gasteiger partial charge in [-0.2, -0.15) is 0 Å². The van der Waals surface area contributed by atoms with E-state index in [-0.39, 0.29) is 5.04 Å². The maximum atomic E-state index is 9.63. The lowest BCUT2D eigenvalue weighted by atomic mass is 9.62. The van der Waals surface area contributed by atoms with Crippen LogP contribution in [0.25, 0.3) is 0 Å². The van der Waals surface area contributed by atoms with Gasteiger partial charge in [0.25, 0.3) is 0 Å². The highest BCUT2D eigenvalue weighted by atomic mass is 28.4. The number of hydrogen-bond acceptors (Lipinski definition) is 2. The van der Waals surface area contributed by atoms with Gasteiger partial charge in [-0.1, -0.05) is 41.0 Å². The number of hydrogen-bond donors (Lipinski definition) is 1. The van der Waals surface area contributed by atoms with Gasteiger partial charge in [0.1, 0.15) is 0 Å². The van der Waals surface area contributed by atoms with Crippen LogP contribution in [-0.4, -0.2) is 26.1 Å². The zero-order chi connectivity index (χ0) is 16.8. The molecule has 0 aromatic heterocycles. The van der Waals surface area contributed by atoms with E-state index in [4.69, 9.17) is 4.43 Å². The summed E-state index contributed by atoms with van der Waals surface area (Å²) in [6.07, 6.45) is 6.89. The maximum Gasteiger partial charge on any atom is 0.192 e. The van der Waals surface area contributed by atoms with E-state index in [1.54, 1.807) is 0 Å². The van der Waals surface area contributed by atoms with Gasteiger partial charge in [0, 0.05) is 12.7 Å². The third kappa shape index (κ3) is 3.18. The SMILES string of the molecule is CC(CO)C1CCC2C(O[Si](C)(C)C(C)(C)C)CCC[C@]12C. The van der Waals surface area contributed by atoms with Crippen molar-refractivity contribution in [2.75, 3.05) is 6.61 Å². The Morgan fingerprint density at radius 1 is 1.23 bits per heavy atom. The molecule has 3 heteroatoms. The fraction of sp³-hybridized carbons (Fsp3) is 1.00. The third-order valence-corrected chi connectivity index (χ3v) is 11.9. The standard InChI is InChI=1S/C19H38O2Si/c1-14(13-20)15-10-11-16-17(9-8-12-19(15,16)5)21-22(6,7)18(2,3)4/h14-17,20H,8-13H2,1-7H3/t14?,15?,16?,17?,19-/m1/s1. The molecule has 0 aromatic rings. The molecular weight excluding hydrogens is 288 g/mol. The third-order valence-electron chi connectivity index (χ3n) is 7.36. The molecule has 1 N–H and O–H groups in total. The minimum Gasteiger partial charge on any atom is -0.414 e. The highest BCUT2D eigenvalue weighted by Gasteiger charge is 2.54. The topological polar surface area (TPSA) is 29.5 Å². The van der Waals surface area contributed by atoms with Gasteiger partial charge in [0.2, 0.25) is 0 Å². The van der Waals surface area contributed by atoms with E-state index in [9.17, 15) is 5.11 Å². The molecule has 0 saturated heterocycles. The first-order chi connectivity index (χ1) is 10.0. The molecule has 2 saturated carbocycles. The Labute approximate surface area is 139 Å². The van der Waals surface area contributed by atoms with Gasteiger partial charge in [-0.15, -0.1) is 0 Å². The van der Waals surface area contributed by atoms with Gasteiger partial charge in [-0.05, 0) is 67.0 Å². The van der Waals surface area contributed by atoms with E-state index in [1.165, 1.54) is 32.1 Å². The summed E-state index contributed by atoms with van der Waals surface area (Å²) in [5.41, 5.74) is 0.382. The van der Waals surface area contributed by atoms with Crippen molar-refractivity contribution in [1.29, 1.82) is 0 Å². The molecule has 0 amide bonds. The van der Waals surface area contributed by atoms with Gasteiger partial charge in [-0.3, -0.25) is 0 Å². The normalized spacial score (nSPS) is 37.9. The van der Waals surface area contributed by atoms with E-state index >= 15 is 0 Å². The first-order valence-electron chi connectivity index (χ1n) is 9.31. The van der Waals surface area contributed by atoms with Crippen LogP contribution in [0, 0.1) is 23.2 Å². The van der Waals surface area contributed by atoms with E-state index in [0.29, 0.717) is 35.9 Å². The Morgan fingerprint density at radius 3 is 2.41 bits per heavy atom. The molecule has 2 aliphatic rings. The summed E-state index contributed by atoms with van der Waals surface area (Å²) in [5, 5.41) is 9.92. The van der Waals surface area contributed by atoms with Crippen molar-refractivity contribution in [2.24, 2.45) is 23.2 Å².